The van der Waals surface area contributed by atoms with Crippen LogP contribution in [-0.4, -0.2) is 44.0 Å². The van der Waals surface area contributed by atoms with Crippen LogP contribution in [-0.2, 0) is 4.79 Å². The Hall–Kier alpha value is -3.59. The van der Waals surface area contributed by atoms with Gasteiger partial charge < -0.3 is 10.3 Å². The van der Waals surface area contributed by atoms with Crippen LogP contribution in [0, 0.1) is 6.92 Å². The number of benzene rings is 2. The number of thioether (sulfide) groups is 1. The molecule has 0 saturated carbocycles. The highest BCUT2D eigenvalue weighted by molar-refractivity contribution is 7.99. The molecule has 0 bridgehead atoms. The van der Waals surface area contributed by atoms with Crippen molar-refractivity contribution in [3.05, 3.63) is 60.3 Å². The predicted octanol–water partition coefficient (Wildman–Crippen LogP) is 3.66. The largest absolute Gasteiger partial charge is 0.360 e. The molecule has 0 aliphatic heterocycles. The fourth-order valence-electron chi connectivity index (χ4n) is 3.32. The van der Waals surface area contributed by atoms with E-state index in [1.54, 1.807) is 6.92 Å². The van der Waals surface area contributed by atoms with E-state index in [-0.39, 0.29) is 5.75 Å². The number of carbonyl (C=O) groups excluding carboxylic acids is 2. The molecular weight excluding hydrogens is 412 g/mol. The maximum absolute atomic E-state index is 12.2. The van der Waals surface area contributed by atoms with Crippen LogP contribution in [0.15, 0.2) is 59.9 Å². The van der Waals surface area contributed by atoms with Crippen molar-refractivity contribution in [1.82, 2.24) is 30.4 Å². The van der Waals surface area contributed by atoms with Gasteiger partial charge in [-0.3, -0.25) is 14.7 Å². The van der Waals surface area contributed by atoms with Crippen LogP contribution in [0.3, 0.4) is 0 Å². The Morgan fingerprint density at radius 2 is 1.87 bits per heavy atom. The number of carbonyl (C=O) groups is 2. The van der Waals surface area contributed by atoms with Crippen molar-refractivity contribution in [2.75, 3.05) is 12.3 Å². The smallest absolute Gasteiger partial charge is 0.321 e. The number of fused-ring (bicyclic) bond motifs is 1. The first-order chi connectivity index (χ1) is 15.1. The predicted molar refractivity (Wildman–Crippen MR) is 121 cm³/mol. The van der Waals surface area contributed by atoms with Gasteiger partial charge in [0.2, 0.25) is 5.91 Å². The van der Waals surface area contributed by atoms with Crippen molar-refractivity contribution < 1.29 is 9.59 Å². The molecule has 8 nitrogen and oxygen atoms in total. The molecule has 4 aromatic rings. The lowest BCUT2D eigenvalue weighted by Gasteiger charge is -2.12. The number of hydrogen-bond acceptors (Lipinski definition) is 5. The van der Waals surface area contributed by atoms with E-state index in [2.05, 4.69) is 25.8 Å². The third kappa shape index (κ3) is 4.31. The molecule has 0 spiro atoms. The molecule has 0 saturated heterocycles. The zero-order valence-corrected chi connectivity index (χ0v) is 18.0. The zero-order valence-electron chi connectivity index (χ0n) is 17.2. The normalized spacial score (nSPS) is 10.9. The molecule has 0 unspecified atom stereocenters. The van der Waals surface area contributed by atoms with Gasteiger partial charge in [0.1, 0.15) is 0 Å². The quantitative estimate of drug-likeness (QED) is 0.402. The average Bonchev–Trinajstić information content (AvgIpc) is 3.36. The number of para-hydroxylation sites is 2. The first-order valence-corrected chi connectivity index (χ1v) is 10.9. The molecule has 31 heavy (non-hydrogen) atoms. The van der Waals surface area contributed by atoms with E-state index in [0.29, 0.717) is 17.5 Å². The number of aryl methyl sites for hydroxylation is 1. The molecule has 158 valence electrons. The highest BCUT2D eigenvalue weighted by atomic mass is 32.2. The molecule has 2 heterocycles. The summed E-state index contributed by atoms with van der Waals surface area (Å²) in [4.78, 5) is 27.0. The van der Waals surface area contributed by atoms with Crippen molar-refractivity contribution in [3.63, 3.8) is 0 Å². The van der Waals surface area contributed by atoms with Gasteiger partial charge in [0.05, 0.1) is 11.4 Å². The van der Waals surface area contributed by atoms with Gasteiger partial charge in [-0.25, -0.2) is 4.79 Å². The second-order valence-corrected chi connectivity index (χ2v) is 7.81. The third-order valence-corrected chi connectivity index (χ3v) is 5.67. The summed E-state index contributed by atoms with van der Waals surface area (Å²) < 4.78 is 1.95. The highest BCUT2D eigenvalue weighted by Gasteiger charge is 2.20. The summed E-state index contributed by atoms with van der Waals surface area (Å²) in [6.45, 7) is 4.25. The molecule has 2 aromatic heterocycles. The van der Waals surface area contributed by atoms with Gasteiger partial charge in [-0.15, -0.1) is 10.2 Å². The summed E-state index contributed by atoms with van der Waals surface area (Å²) in [5.74, 6) is 0.317. The van der Waals surface area contributed by atoms with Crippen LogP contribution in [0.5, 0.6) is 0 Å². The summed E-state index contributed by atoms with van der Waals surface area (Å²) in [6, 6.07) is 15.4. The molecule has 9 heteroatoms. The number of amides is 3. The van der Waals surface area contributed by atoms with Crippen LogP contribution in [0.25, 0.3) is 28.0 Å². The van der Waals surface area contributed by atoms with Crippen molar-refractivity contribution in [3.8, 4) is 17.1 Å². The maximum atomic E-state index is 12.2. The van der Waals surface area contributed by atoms with Crippen LogP contribution in [0.1, 0.15) is 12.5 Å². The van der Waals surface area contributed by atoms with E-state index in [1.807, 2.05) is 66.2 Å². The molecule has 0 radical (unpaired) electrons. The number of aromatic nitrogens is 4. The first-order valence-electron chi connectivity index (χ1n) is 9.87. The SMILES string of the molecule is CCNC(=O)NC(=O)CSc1nnc(-c2c[nH]c3ccccc23)n1-c1ccccc1C. The summed E-state index contributed by atoms with van der Waals surface area (Å²) >= 11 is 1.23. The van der Waals surface area contributed by atoms with Gasteiger partial charge >= 0.3 is 6.03 Å². The summed E-state index contributed by atoms with van der Waals surface area (Å²) in [7, 11) is 0. The van der Waals surface area contributed by atoms with E-state index in [1.165, 1.54) is 11.8 Å². The van der Waals surface area contributed by atoms with Gasteiger partial charge in [-0.1, -0.05) is 48.2 Å². The van der Waals surface area contributed by atoms with Crippen molar-refractivity contribution in [2.45, 2.75) is 19.0 Å². The molecule has 0 fully saturated rings. The summed E-state index contributed by atoms with van der Waals surface area (Å²) in [5, 5.41) is 15.3. The van der Waals surface area contributed by atoms with Gasteiger partial charge in [0, 0.05) is 29.2 Å². The fourth-order valence-corrected chi connectivity index (χ4v) is 4.07. The van der Waals surface area contributed by atoms with Gasteiger partial charge in [-0.05, 0) is 31.5 Å². The van der Waals surface area contributed by atoms with Crippen molar-refractivity contribution in [2.24, 2.45) is 0 Å². The van der Waals surface area contributed by atoms with Gasteiger partial charge in [-0.2, -0.15) is 0 Å². The number of nitrogens with zero attached hydrogens (tertiary/aromatic N) is 3. The van der Waals surface area contributed by atoms with Crippen LogP contribution < -0.4 is 10.6 Å². The molecular formula is C22H22N6O2S. The van der Waals surface area contributed by atoms with E-state index < -0.39 is 11.9 Å². The molecule has 4 rings (SSSR count). The lowest BCUT2D eigenvalue weighted by atomic mass is 10.1. The molecule has 3 N–H and O–H groups in total. The van der Waals surface area contributed by atoms with Crippen molar-refractivity contribution in [1.29, 1.82) is 0 Å². The lowest BCUT2D eigenvalue weighted by Crippen LogP contribution is -2.40. The highest BCUT2D eigenvalue weighted by Crippen LogP contribution is 2.33. The average molecular weight is 435 g/mol. The minimum atomic E-state index is -0.507. The second kappa shape index (κ2) is 9.05. The Labute approximate surface area is 183 Å². The number of nitrogens with one attached hydrogen (secondary N) is 3. The van der Waals surface area contributed by atoms with E-state index in [0.717, 1.165) is 27.7 Å². The van der Waals surface area contributed by atoms with Crippen LogP contribution in [0.4, 0.5) is 4.79 Å². The number of H-pyrrole nitrogens is 1. The molecule has 2 aromatic carbocycles. The Morgan fingerprint density at radius 1 is 1.10 bits per heavy atom. The van der Waals surface area contributed by atoms with E-state index in [4.69, 9.17) is 0 Å². The van der Waals surface area contributed by atoms with Gasteiger partial charge in [0.25, 0.3) is 0 Å². The van der Waals surface area contributed by atoms with E-state index in [9.17, 15) is 9.59 Å². The molecule has 0 aliphatic carbocycles. The maximum Gasteiger partial charge on any atom is 0.321 e. The minimum absolute atomic E-state index is 0.0367. The lowest BCUT2D eigenvalue weighted by molar-refractivity contribution is -0.117. The van der Waals surface area contributed by atoms with Gasteiger partial charge in [0.15, 0.2) is 11.0 Å². The monoisotopic (exact) mass is 434 g/mol. The number of urea groups is 1. The number of aromatic amines is 1. The molecule has 0 atom stereocenters. The minimum Gasteiger partial charge on any atom is -0.360 e. The zero-order chi connectivity index (χ0) is 21.8. The van der Waals surface area contributed by atoms with E-state index >= 15 is 0 Å². The standard InChI is InChI=1S/C22H22N6O2S/c1-3-23-21(30)25-19(29)13-31-22-27-26-20(28(22)18-11-7-4-8-14(18)2)16-12-24-17-10-6-5-9-15(16)17/h4-12,24H,3,13H2,1-2H3,(H2,23,25,29,30). The topological polar surface area (TPSA) is 105 Å². The summed E-state index contributed by atoms with van der Waals surface area (Å²) in [5.41, 5.74) is 3.91. The Kier molecular flexibility index (Phi) is 6.03. The number of hydrogen-bond donors (Lipinski definition) is 3. The Balaban J connectivity index is 1.71. The van der Waals surface area contributed by atoms with Crippen LogP contribution >= 0.6 is 11.8 Å². The number of rotatable bonds is 6. The summed E-state index contributed by atoms with van der Waals surface area (Å²) in [6.07, 6.45) is 1.92. The first kappa shape index (κ1) is 20.7. The Bertz CT molecular complexity index is 1250. The second-order valence-electron chi connectivity index (χ2n) is 6.87. The van der Waals surface area contributed by atoms with Crippen LogP contribution in [0.2, 0.25) is 0 Å². The number of imide groups is 1. The van der Waals surface area contributed by atoms with Crippen molar-refractivity contribution >= 4 is 34.6 Å². The molecule has 3 amide bonds. The fraction of sp³-hybridized carbons (Fsp3) is 0.182. The Morgan fingerprint density at radius 3 is 2.68 bits per heavy atom. The third-order valence-electron chi connectivity index (χ3n) is 4.74. The molecule has 0 aliphatic rings.